The second-order valence-electron chi connectivity index (χ2n) is 8.67. The number of guanidine groups is 1. The number of hydrogen-bond acceptors (Lipinski definition) is 5. The maximum Gasteiger partial charge on any atom is 0.239 e. The molecule has 1 aliphatic heterocycles. The van der Waals surface area contributed by atoms with Crippen LogP contribution >= 0.6 is 11.6 Å². The number of amides is 2. The van der Waals surface area contributed by atoms with Crippen molar-refractivity contribution in [2.24, 2.45) is 10.7 Å². The minimum atomic E-state index is -0.0905. The Morgan fingerprint density at radius 2 is 2.00 bits per heavy atom. The van der Waals surface area contributed by atoms with Crippen LogP contribution < -0.4 is 16.4 Å². The van der Waals surface area contributed by atoms with E-state index in [1.54, 1.807) is 17.2 Å². The Hall–Kier alpha value is -4.47. The lowest BCUT2D eigenvalue weighted by atomic mass is 10.1. The number of fused-ring (bicyclic) bond motifs is 1. The summed E-state index contributed by atoms with van der Waals surface area (Å²) in [5.41, 5.74) is 8.03. The summed E-state index contributed by atoms with van der Waals surface area (Å²) in [7, 11) is 0. The number of terminal acetylenes is 1. The molecular formula is C29H33ClN6O3. The van der Waals surface area contributed by atoms with E-state index in [1.807, 2.05) is 49.4 Å². The van der Waals surface area contributed by atoms with Gasteiger partial charge in [0.15, 0.2) is 6.19 Å². The van der Waals surface area contributed by atoms with Gasteiger partial charge in [0.05, 0.1) is 12.2 Å². The van der Waals surface area contributed by atoms with Gasteiger partial charge in [-0.2, -0.15) is 5.26 Å². The van der Waals surface area contributed by atoms with Crippen molar-refractivity contribution in [1.82, 2.24) is 15.5 Å². The molecule has 0 saturated carbocycles. The number of aliphatic imine (C=N–C) groups is 1. The summed E-state index contributed by atoms with van der Waals surface area (Å²) in [5, 5.41) is 15.1. The van der Waals surface area contributed by atoms with Crippen LogP contribution in [0.25, 0.3) is 11.0 Å². The van der Waals surface area contributed by atoms with Gasteiger partial charge in [-0.15, -0.1) is 12.8 Å². The largest absolute Gasteiger partial charge is 0.461 e. The molecular weight excluding hydrogens is 516 g/mol. The van der Waals surface area contributed by atoms with Crippen molar-refractivity contribution in [2.45, 2.75) is 39.0 Å². The topological polar surface area (TPSA) is 137 Å². The minimum Gasteiger partial charge on any atom is -0.461 e. The smallest absolute Gasteiger partial charge is 0.239 e. The third kappa shape index (κ3) is 10.8. The number of nitrogens with two attached hydrogens (primary N) is 1. The second kappa shape index (κ2) is 16.4. The van der Waals surface area contributed by atoms with E-state index in [-0.39, 0.29) is 24.3 Å². The van der Waals surface area contributed by atoms with Gasteiger partial charge in [-0.1, -0.05) is 30.2 Å². The normalized spacial score (nSPS) is 13.2. The Bertz CT molecular complexity index is 1340. The molecule has 9 nitrogen and oxygen atoms in total. The zero-order valence-corrected chi connectivity index (χ0v) is 22.7. The number of likely N-dealkylation sites (tertiary alicyclic amines) is 1. The molecule has 39 heavy (non-hydrogen) atoms. The van der Waals surface area contributed by atoms with Gasteiger partial charge in [0.25, 0.3) is 0 Å². The zero-order chi connectivity index (χ0) is 28.6. The highest BCUT2D eigenvalue weighted by atomic mass is 35.5. The summed E-state index contributed by atoms with van der Waals surface area (Å²) < 4.78 is 5.43. The fourth-order valence-electron chi connectivity index (χ4n) is 3.93. The Morgan fingerprint density at radius 3 is 2.74 bits per heavy atom. The first kappa shape index (κ1) is 30.8. The number of nitriles is 1. The number of carbonyl (C=O) groups excluding carboxylic acids is 2. The number of carbonyl (C=O) groups is 2. The molecule has 0 atom stereocenters. The van der Waals surface area contributed by atoms with Crippen LogP contribution in [0.1, 0.15) is 37.0 Å². The third-order valence-electron chi connectivity index (χ3n) is 5.69. The fraction of sp³-hybridized carbons (Fsp3) is 0.310. The van der Waals surface area contributed by atoms with Crippen molar-refractivity contribution in [3.05, 3.63) is 64.9 Å². The van der Waals surface area contributed by atoms with Crippen LogP contribution in [0.3, 0.4) is 0 Å². The molecule has 2 amide bonds. The Morgan fingerprint density at radius 1 is 1.21 bits per heavy atom. The predicted molar refractivity (Wildman–Crippen MR) is 154 cm³/mol. The van der Waals surface area contributed by atoms with Crippen molar-refractivity contribution in [3.63, 3.8) is 0 Å². The number of rotatable bonds is 6. The van der Waals surface area contributed by atoms with Gasteiger partial charge in [0.1, 0.15) is 11.3 Å². The fourth-order valence-corrected chi connectivity index (χ4v) is 4.14. The molecule has 204 valence electrons. The van der Waals surface area contributed by atoms with E-state index in [0.717, 1.165) is 48.0 Å². The number of furan rings is 1. The average molecular weight is 549 g/mol. The van der Waals surface area contributed by atoms with E-state index in [9.17, 15) is 9.59 Å². The lowest BCUT2D eigenvalue weighted by Crippen LogP contribution is -2.41. The molecule has 1 aromatic heterocycles. The average Bonchev–Trinajstić information content (AvgIpc) is 3.16. The van der Waals surface area contributed by atoms with Crippen LogP contribution in [-0.2, 0) is 16.0 Å². The highest BCUT2D eigenvalue weighted by Crippen LogP contribution is 2.24. The first-order chi connectivity index (χ1) is 18.8. The summed E-state index contributed by atoms with van der Waals surface area (Å²) >= 11 is 5.92. The number of aryl methyl sites for hydroxylation is 1. The van der Waals surface area contributed by atoms with Gasteiger partial charge >= 0.3 is 0 Å². The Labute approximate surface area is 234 Å². The quantitative estimate of drug-likeness (QED) is 0.137. The standard InChI is InChI=1S/C16H21ClN2O2.C11H10N4O.C2H2/c17-14-6-4-5-13(11-14)8-9-18-15(20)12-19-10-3-1-2-7-16(19)21;1-7-4-8-5-9(2-3-10(8)16-7)15-11(13)14-6-12;1-2/h4-6,11H,1-3,7-10,12H2,(H,18,20);2-5H,1H3,(H3,13,14,15);1-2H. The highest BCUT2D eigenvalue weighted by Gasteiger charge is 2.18. The van der Waals surface area contributed by atoms with Crippen LogP contribution in [-0.4, -0.2) is 42.3 Å². The molecule has 0 unspecified atom stereocenters. The van der Waals surface area contributed by atoms with Crippen molar-refractivity contribution in [3.8, 4) is 19.0 Å². The molecule has 0 spiro atoms. The van der Waals surface area contributed by atoms with Crippen molar-refractivity contribution in [2.75, 3.05) is 19.6 Å². The first-order valence-electron chi connectivity index (χ1n) is 12.5. The summed E-state index contributed by atoms with van der Waals surface area (Å²) in [6.07, 6.45) is 14.0. The van der Waals surface area contributed by atoms with Crippen molar-refractivity contribution < 1.29 is 14.0 Å². The number of hydrogen-bond donors (Lipinski definition) is 3. The first-order valence-corrected chi connectivity index (χ1v) is 12.8. The number of nitrogens with zero attached hydrogens (tertiary/aromatic N) is 3. The van der Waals surface area contributed by atoms with E-state index in [4.69, 9.17) is 27.0 Å². The van der Waals surface area contributed by atoms with Crippen LogP contribution in [0.4, 0.5) is 5.69 Å². The maximum atomic E-state index is 11.9. The maximum absolute atomic E-state index is 11.9. The number of nitrogens with one attached hydrogen (secondary N) is 2. The predicted octanol–water partition coefficient (Wildman–Crippen LogP) is 4.41. The van der Waals surface area contributed by atoms with Gasteiger partial charge in [-0.3, -0.25) is 14.9 Å². The van der Waals surface area contributed by atoms with Gasteiger partial charge in [-0.05, 0) is 68.1 Å². The minimum absolute atomic E-state index is 0.0714. The molecule has 1 aliphatic rings. The molecule has 1 saturated heterocycles. The van der Waals surface area contributed by atoms with Crippen molar-refractivity contribution >= 4 is 46.0 Å². The van der Waals surface area contributed by atoms with E-state index in [2.05, 4.69) is 28.5 Å². The van der Waals surface area contributed by atoms with Crippen molar-refractivity contribution in [1.29, 1.82) is 5.26 Å². The highest BCUT2D eigenvalue weighted by molar-refractivity contribution is 6.30. The summed E-state index contributed by atoms with van der Waals surface area (Å²) in [5.74, 6) is 0.922. The summed E-state index contributed by atoms with van der Waals surface area (Å²) in [6, 6.07) is 15.0. The lowest BCUT2D eigenvalue weighted by Gasteiger charge is -2.19. The Balaban J connectivity index is 0.000000265. The second-order valence-corrected chi connectivity index (χ2v) is 9.11. The molecule has 4 N–H and O–H groups in total. The van der Waals surface area contributed by atoms with Crippen LogP contribution in [0.5, 0.6) is 0 Å². The van der Waals surface area contributed by atoms with Crippen LogP contribution in [0.2, 0.25) is 5.02 Å². The zero-order valence-electron chi connectivity index (χ0n) is 22.0. The summed E-state index contributed by atoms with van der Waals surface area (Å²) in [4.78, 5) is 29.4. The number of benzene rings is 2. The lowest BCUT2D eigenvalue weighted by molar-refractivity contribution is -0.135. The summed E-state index contributed by atoms with van der Waals surface area (Å²) in [6.45, 7) is 3.31. The van der Waals surface area contributed by atoms with E-state index in [0.29, 0.717) is 30.2 Å². The molecule has 1 fully saturated rings. The SMILES string of the molecule is C#C.Cc1cc2cc(N=C(N)NC#N)ccc2o1.O=C(CN1CCCCCC1=O)NCCc1cccc(Cl)c1. The van der Waals surface area contributed by atoms with Gasteiger partial charge in [0.2, 0.25) is 17.8 Å². The molecule has 0 radical (unpaired) electrons. The van der Waals surface area contributed by atoms with Gasteiger partial charge in [-0.25, -0.2) is 4.99 Å². The van der Waals surface area contributed by atoms with Crippen LogP contribution in [0.15, 0.2) is 57.9 Å². The molecule has 10 heteroatoms. The molecule has 2 heterocycles. The van der Waals surface area contributed by atoms with Gasteiger partial charge in [0, 0.05) is 29.9 Å². The molecule has 3 aromatic rings. The number of halogens is 1. The van der Waals surface area contributed by atoms with Crippen LogP contribution in [0, 0.1) is 31.2 Å². The molecule has 0 aliphatic carbocycles. The van der Waals surface area contributed by atoms with E-state index in [1.165, 1.54) is 0 Å². The van der Waals surface area contributed by atoms with Gasteiger partial charge < -0.3 is 20.4 Å². The van der Waals surface area contributed by atoms with E-state index < -0.39 is 0 Å². The monoisotopic (exact) mass is 548 g/mol. The molecule has 2 aromatic carbocycles. The Kier molecular flexibility index (Phi) is 12.9. The third-order valence-corrected chi connectivity index (χ3v) is 5.92. The molecule has 4 rings (SSSR count). The van der Waals surface area contributed by atoms with E-state index >= 15 is 0 Å². The molecule has 0 bridgehead atoms.